The minimum atomic E-state index is 1.13. The SMILES string of the molecule is CC[CH]CSc1ccccc1. The smallest absolute Gasteiger partial charge is 0.00720 e. The first-order valence-electron chi connectivity index (χ1n) is 3.93. The van der Waals surface area contributed by atoms with Gasteiger partial charge in [0.1, 0.15) is 0 Å². The van der Waals surface area contributed by atoms with Crippen molar-refractivity contribution in [1.82, 2.24) is 0 Å². The first-order chi connectivity index (χ1) is 5.43. The molecule has 0 saturated carbocycles. The van der Waals surface area contributed by atoms with Gasteiger partial charge in [-0.25, -0.2) is 0 Å². The number of benzene rings is 1. The van der Waals surface area contributed by atoms with Gasteiger partial charge in [-0.15, -0.1) is 11.8 Å². The normalized spacial score (nSPS) is 9.91. The molecule has 0 bridgehead atoms. The van der Waals surface area contributed by atoms with Gasteiger partial charge >= 0.3 is 0 Å². The topological polar surface area (TPSA) is 0 Å². The Balaban J connectivity index is 2.28. The van der Waals surface area contributed by atoms with Gasteiger partial charge in [0, 0.05) is 10.6 Å². The number of thioether (sulfide) groups is 1. The highest BCUT2D eigenvalue weighted by atomic mass is 32.2. The Labute approximate surface area is 73.0 Å². The van der Waals surface area contributed by atoms with E-state index >= 15 is 0 Å². The third-order valence-corrected chi connectivity index (χ3v) is 2.41. The molecule has 1 aromatic carbocycles. The Morgan fingerprint density at radius 2 is 2.00 bits per heavy atom. The molecule has 0 atom stereocenters. The van der Waals surface area contributed by atoms with Crippen molar-refractivity contribution in [3.05, 3.63) is 36.8 Å². The minimum absolute atomic E-state index is 1.13. The molecule has 59 valence electrons. The molecule has 0 aromatic heterocycles. The van der Waals surface area contributed by atoms with Crippen LogP contribution >= 0.6 is 11.8 Å². The molecule has 0 aliphatic carbocycles. The van der Waals surface area contributed by atoms with Crippen LogP contribution in [0.15, 0.2) is 35.2 Å². The highest BCUT2D eigenvalue weighted by molar-refractivity contribution is 7.99. The van der Waals surface area contributed by atoms with Crippen LogP contribution in [0.4, 0.5) is 0 Å². The predicted molar refractivity (Wildman–Crippen MR) is 51.8 cm³/mol. The van der Waals surface area contributed by atoms with Gasteiger partial charge in [-0.1, -0.05) is 31.5 Å². The van der Waals surface area contributed by atoms with Crippen molar-refractivity contribution >= 4 is 11.8 Å². The van der Waals surface area contributed by atoms with Gasteiger partial charge in [0.2, 0.25) is 0 Å². The highest BCUT2D eigenvalue weighted by Crippen LogP contribution is 2.17. The van der Waals surface area contributed by atoms with E-state index in [9.17, 15) is 0 Å². The molecule has 1 heteroatoms. The number of hydrogen-bond acceptors (Lipinski definition) is 1. The molecule has 0 N–H and O–H groups in total. The maximum absolute atomic E-state index is 2.29. The molecule has 0 aliphatic rings. The lowest BCUT2D eigenvalue weighted by molar-refractivity contribution is 1.10. The molecule has 0 nitrogen and oxygen atoms in total. The quantitative estimate of drug-likeness (QED) is 0.487. The standard InChI is InChI=1S/C10H13S/c1-2-3-9-11-10-7-5-4-6-8-10/h3-8H,2,9H2,1H3. The van der Waals surface area contributed by atoms with Crippen LogP contribution in [0.2, 0.25) is 0 Å². The van der Waals surface area contributed by atoms with Gasteiger partial charge < -0.3 is 0 Å². The first-order valence-corrected chi connectivity index (χ1v) is 4.91. The summed E-state index contributed by atoms with van der Waals surface area (Å²) in [6.07, 6.45) is 3.46. The van der Waals surface area contributed by atoms with Crippen molar-refractivity contribution in [2.24, 2.45) is 0 Å². The average molecular weight is 165 g/mol. The van der Waals surface area contributed by atoms with E-state index in [1.54, 1.807) is 0 Å². The summed E-state index contributed by atoms with van der Waals surface area (Å²) in [5.74, 6) is 1.13. The number of hydrogen-bond donors (Lipinski definition) is 0. The predicted octanol–water partition coefficient (Wildman–Crippen LogP) is 3.39. The third kappa shape index (κ3) is 3.47. The van der Waals surface area contributed by atoms with E-state index in [1.807, 2.05) is 17.8 Å². The molecule has 0 fully saturated rings. The second kappa shape index (κ2) is 5.25. The summed E-state index contributed by atoms with van der Waals surface area (Å²) in [4.78, 5) is 1.36. The molecule has 0 amide bonds. The van der Waals surface area contributed by atoms with Crippen molar-refractivity contribution in [3.63, 3.8) is 0 Å². The molecular formula is C10H13S. The van der Waals surface area contributed by atoms with Crippen LogP contribution in [-0.4, -0.2) is 5.75 Å². The maximum Gasteiger partial charge on any atom is 0.00720 e. The Bertz CT molecular complexity index is 181. The zero-order valence-corrected chi connectivity index (χ0v) is 7.60. The van der Waals surface area contributed by atoms with Crippen molar-refractivity contribution < 1.29 is 0 Å². The van der Waals surface area contributed by atoms with Crippen molar-refractivity contribution in [1.29, 1.82) is 0 Å². The van der Waals surface area contributed by atoms with E-state index in [2.05, 4.69) is 37.6 Å². The lowest BCUT2D eigenvalue weighted by Gasteiger charge is -1.97. The fourth-order valence-electron chi connectivity index (χ4n) is 0.790. The number of rotatable bonds is 4. The molecule has 0 aliphatic heterocycles. The summed E-state index contributed by atoms with van der Waals surface area (Å²) >= 11 is 1.89. The molecule has 0 heterocycles. The van der Waals surface area contributed by atoms with Gasteiger partial charge in [-0.2, -0.15) is 0 Å². The molecular weight excluding hydrogens is 152 g/mol. The summed E-state index contributed by atoms with van der Waals surface area (Å²) in [6, 6.07) is 10.5. The fraction of sp³-hybridized carbons (Fsp3) is 0.300. The van der Waals surface area contributed by atoms with Crippen LogP contribution in [0.1, 0.15) is 13.3 Å². The van der Waals surface area contributed by atoms with Crippen LogP contribution in [-0.2, 0) is 0 Å². The molecule has 0 spiro atoms. The zero-order chi connectivity index (χ0) is 7.94. The Hall–Kier alpha value is -0.430. The van der Waals surface area contributed by atoms with E-state index in [4.69, 9.17) is 0 Å². The summed E-state index contributed by atoms with van der Waals surface area (Å²) in [5.41, 5.74) is 0. The molecule has 1 aromatic rings. The summed E-state index contributed by atoms with van der Waals surface area (Å²) in [6.45, 7) is 2.17. The van der Waals surface area contributed by atoms with E-state index in [0.717, 1.165) is 5.75 Å². The van der Waals surface area contributed by atoms with Crippen LogP contribution in [0, 0.1) is 6.42 Å². The van der Waals surface area contributed by atoms with Gasteiger partial charge in [0.05, 0.1) is 0 Å². The minimum Gasteiger partial charge on any atom is -0.126 e. The maximum atomic E-state index is 2.29. The Kier molecular flexibility index (Phi) is 4.14. The Morgan fingerprint density at radius 1 is 1.27 bits per heavy atom. The van der Waals surface area contributed by atoms with Gasteiger partial charge in [-0.3, -0.25) is 0 Å². The van der Waals surface area contributed by atoms with Crippen LogP contribution < -0.4 is 0 Å². The first kappa shape index (κ1) is 8.66. The van der Waals surface area contributed by atoms with E-state index in [-0.39, 0.29) is 0 Å². The van der Waals surface area contributed by atoms with E-state index < -0.39 is 0 Å². The van der Waals surface area contributed by atoms with E-state index in [0.29, 0.717) is 0 Å². The third-order valence-electron chi connectivity index (χ3n) is 1.40. The van der Waals surface area contributed by atoms with Crippen LogP contribution in [0.5, 0.6) is 0 Å². The van der Waals surface area contributed by atoms with Crippen molar-refractivity contribution in [3.8, 4) is 0 Å². The van der Waals surface area contributed by atoms with Crippen LogP contribution in [0.3, 0.4) is 0 Å². The summed E-state index contributed by atoms with van der Waals surface area (Å²) < 4.78 is 0. The Morgan fingerprint density at radius 3 is 2.64 bits per heavy atom. The summed E-state index contributed by atoms with van der Waals surface area (Å²) in [7, 11) is 0. The number of unbranched alkanes of at least 4 members (excludes halogenated alkanes) is 1. The zero-order valence-electron chi connectivity index (χ0n) is 6.79. The largest absolute Gasteiger partial charge is 0.126 e. The average Bonchev–Trinajstić information content (AvgIpc) is 2.07. The van der Waals surface area contributed by atoms with Crippen LogP contribution in [0.25, 0.3) is 0 Å². The van der Waals surface area contributed by atoms with Gasteiger partial charge in [0.15, 0.2) is 0 Å². The molecule has 0 unspecified atom stereocenters. The van der Waals surface area contributed by atoms with E-state index in [1.165, 1.54) is 11.3 Å². The molecule has 11 heavy (non-hydrogen) atoms. The fourth-order valence-corrected chi connectivity index (χ4v) is 1.69. The highest BCUT2D eigenvalue weighted by Gasteiger charge is 1.89. The van der Waals surface area contributed by atoms with Crippen molar-refractivity contribution in [2.75, 3.05) is 5.75 Å². The lowest BCUT2D eigenvalue weighted by Crippen LogP contribution is -1.77. The molecule has 1 radical (unpaired) electrons. The summed E-state index contributed by atoms with van der Waals surface area (Å²) in [5, 5.41) is 0. The second-order valence-corrected chi connectivity index (χ2v) is 3.41. The monoisotopic (exact) mass is 165 g/mol. The second-order valence-electron chi connectivity index (χ2n) is 2.32. The van der Waals surface area contributed by atoms with Gasteiger partial charge in [0.25, 0.3) is 0 Å². The van der Waals surface area contributed by atoms with Crippen molar-refractivity contribution in [2.45, 2.75) is 18.2 Å². The lowest BCUT2D eigenvalue weighted by atomic mass is 10.4. The van der Waals surface area contributed by atoms with Gasteiger partial charge in [-0.05, 0) is 18.6 Å². The molecule has 0 saturated heterocycles. The molecule has 1 rings (SSSR count).